The van der Waals surface area contributed by atoms with E-state index in [9.17, 15) is 4.79 Å². The largest absolute Gasteiger partial charge is 0.493 e. The Morgan fingerprint density at radius 2 is 1.94 bits per heavy atom. The Bertz CT molecular complexity index is 1270. The van der Waals surface area contributed by atoms with E-state index >= 15 is 0 Å². The van der Waals surface area contributed by atoms with Crippen LogP contribution in [-0.4, -0.2) is 65.4 Å². The molecule has 0 saturated carbocycles. The summed E-state index contributed by atoms with van der Waals surface area (Å²) in [6, 6.07) is 13.4. The van der Waals surface area contributed by atoms with Crippen molar-refractivity contribution in [3.05, 3.63) is 64.7 Å². The van der Waals surface area contributed by atoms with Crippen LogP contribution < -0.4 is 9.47 Å². The fraction of sp³-hybridized carbons (Fsp3) is 0.280. The van der Waals surface area contributed by atoms with Crippen molar-refractivity contribution >= 4 is 39.9 Å². The van der Waals surface area contributed by atoms with Crippen molar-refractivity contribution in [2.24, 2.45) is 10.1 Å². The van der Waals surface area contributed by atoms with Crippen LogP contribution in [0.5, 0.6) is 11.5 Å². The summed E-state index contributed by atoms with van der Waals surface area (Å²) in [5, 5.41) is 15.7. The Morgan fingerprint density at radius 1 is 1.14 bits per heavy atom. The molecule has 3 aliphatic rings. The Hall–Kier alpha value is -3.63. The zero-order chi connectivity index (χ0) is 24.4. The molecule has 0 aliphatic carbocycles. The van der Waals surface area contributed by atoms with E-state index in [0.29, 0.717) is 42.1 Å². The number of hydrogen-bond acceptors (Lipinski definition) is 8. The highest BCUT2D eigenvalue weighted by atomic mass is 32.2. The molecule has 0 spiro atoms. The maximum absolute atomic E-state index is 12.8. The van der Waals surface area contributed by atoms with Gasteiger partial charge in [-0.3, -0.25) is 10.2 Å². The van der Waals surface area contributed by atoms with Crippen LogP contribution in [0.15, 0.2) is 58.1 Å². The van der Waals surface area contributed by atoms with Gasteiger partial charge in [0.25, 0.3) is 5.91 Å². The second kappa shape index (κ2) is 9.93. The van der Waals surface area contributed by atoms with Gasteiger partial charge < -0.3 is 19.1 Å². The highest BCUT2D eigenvalue weighted by molar-refractivity contribution is 8.26. The number of rotatable bonds is 5. The predicted molar refractivity (Wildman–Crippen MR) is 136 cm³/mol. The van der Waals surface area contributed by atoms with Gasteiger partial charge in [0.15, 0.2) is 22.5 Å². The van der Waals surface area contributed by atoms with Crippen LogP contribution in [0.4, 0.5) is 0 Å². The van der Waals surface area contributed by atoms with Gasteiger partial charge in [0, 0.05) is 13.1 Å². The fourth-order valence-electron chi connectivity index (χ4n) is 3.85. The topological polar surface area (TPSA) is 99.8 Å². The van der Waals surface area contributed by atoms with Crippen molar-refractivity contribution in [2.75, 3.05) is 33.4 Å². The average molecular weight is 492 g/mol. The number of aryl methyl sites for hydroxylation is 1. The number of methoxy groups -OCH3 is 1. The molecule has 3 heterocycles. The van der Waals surface area contributed by atoms with E-state index in [4.69, 9.17) is 19.6 Å². The zero-order valence-corrected chi connectivity index (χ0v) is 20.3. The number of carbonyl (C=O) groups is 1. The maximum atomic E-state index is 12.8. The molecule has 1 N–H and O–H groups in total. The number of amidine groups is 3. The SMILES string of the molecule is COc1cc(/C=C2/C(=N)N3N=C(N4CCOCC4)SC3=NC2=O)ccc1OCc1ccccc1C. The van der Waals surface area contributed by atoms with Gasteiger partial charge in [0.05, 0.1) is 25.9 Å². The van der Waals surface area contributed by atoms with Gasteiger partial charge in [0.2, 0.25) is 5.17 Å². The molecule has 2 aromatic carbocycles. The summed E-state index contributed by atoms with van der Waals surface area (Å²) in [5.74, 6) is 0.663. The molecule has 35 heavy (non-hydrogen) atoms. The standard InChI is InChI=1S/C25H25N5O4S/c1-16-5-3-4-6-18(16)15-34-20-8-7-17(14-21(20)32-2)13-19-22(26)30-24(27-23(19)31)35-25(28-30)29-9-11-33-12-10-29/h3-8,13-14,26H,9-12,15H2,1-2H3/b19-13-,26-22?. The fourth-order valence-corrected chi connectivity index (χ4v) is 4.80. The minimum Gasteiger partial charge on any atom is -0.493 e. The first kappa shape index (κ1) is 23.1. The number of benzene rings is 2. The molecular weight excluding hydrogens is 466 g/mol. The van der Waals surface area contributed by atoms with Crippen LogP contribution in [0, 0.1) is 12.3 Å². The van der Waals surface area contributed by atoms with Crippen molar-refractivity contribution in [2.45, 2.75) is 13.5 Å². The highest BCUT2D eigenvalue weighted by Crippen LogP contribution is 2.32. The van der Waals surface area contributed by atoms with Crippen molar-refractivity contribution in [1.82, 2.24) is 9.91 Å². The van der Waals surface area contributed by atoms with Crippen molar-refractivity contribution in [3.63, 3.8) is 0 Å². The lowest BCUT2D eigenvalue weighted by Gasteiger charge is -2.26. The second-order valence-electron chi connectivity index (χ2n) is 8.13. The third-order valence-electron chi connectivity index (χ3n) is 5.87. The van der Waals surface area contributed by atoms with E-state index in [1.165, 1.54) is 16.8 Å². The van der Waals surface area contributed by atoms with E-state index in [-0.39, 0.29) is 11.4 Å². The third kappa shape index (κ3) is 4.80. The average Bonchev–Trinajstić information content (AvgIpc) is 3.31. The lowest BCUT2D eigenvalue weighted by molar-refractivity contribution is -0.114. The number of ether oxygens (including phenoxy) is 3. The maximum Gasteiger partial charge on any atom is 0.283 e. The van der Waals surface area contributed by atoms with Crippen LogP contribution in [0.1, 0.15) is 16.7 Å². The molecule has 1 saturated heterocycles. The molecule has 0 aromatic heterocycles. The van der Waals surface area contributed by atoms with Gasteiger partial charge in [-0.15, -0.1) is 5.10 Å². The molecule has 1 fully saturated rings. The first-order valence-electron chi connectivity index (χ1n) is 11.2. The molecule has 5 rings (SSSR count). The third-order valence-corrected chi connectivity index (χ3v) is 6.84. The lowest BCUT2D eigenvalue weighted by atomic mass is 10.1. The molecule has 3 aliphatic heterocycles. The molecule has 1 amide bonds. The first-order chi connectivity index (χ1) is 17.0. The second-order valence-corrected chi connectivity index (χ2v) is 9.06. The Kier molecular flexibility index (Phi) is 6.56. The molecule has 0 radical (unpaired) electrons. The minimum atomic E-state index is -0.467. The summed E-state index contributed by atoms with van der Waals surface area (Å²) >= 11 is 1.30. The van der Waals surface area contributed by atoms with E-state index in [0.717, 1.165) is 29.4 Å². The molecule has 10 heteroatoms. The number of morpholine rings is 1. The van der Waals surface area contributed by atoms with Crippen LogP contribution in [0.2, 0.25) is 0 Å². The number of nitrogens with zero attached hydrogens (tertiary/aromatic N) is 4. The number of hydrogen-bond donors (Lipinski definition) is 1. The van der Waals surface area contributed by atoms with Crippen molar-refractivity contribution in [3.8, 4) is 11.5 Å². The van der Waals surface area contributed by atoms with Crippen LogP contribution >= 0.6 is 11.8 Å². The number of aliphatic imine (C=N–C) groups is 1. The summed E-state index contributed by atoms with van der Waals surface area (Å²) in [7, 11) is 1.57. The lowest BCUT2D eigenvalue weighted by Crippen LogP contribution is -2.39. The van der Waals surface area contributed by atoms with Crippen molar-refractivity contribution in [1.29, 1.82) is 5.41 Å². The number of nitrogens with one attached hydrogen (secondary N) is 1. The van der Waals surface area contributed by atoms with Gasteiger partial charge in [0.1, 0.15) is 6.61 Å². The molecular formula is C25H25N5O4S. The number of hydrazone groups is 1. The molecule has 0 atom stereocenters. The first-order valence-corrected chi connectivity index (χ1v) is 12.0. The smallest absolute Gasteiger partial charge is 0.283 e. The minimum absolute atomic E-state index is 0.00499. The number of thioether (sulfide) groups is 1. The van der Waals surface area contributed by atoms with Crippen LogP contribution in [0.25, 0.3) is 6.08 Å². The molecule has 9 nitrogen and oxygen atoms in total. The quantitative estimate of drug-likeness (QED) is 0.639. The normalized spacial score (nSPS) is 19.0. The molecule has 0 unspecified atom stereocenters. The Labute approximate surface area is 207 Å². The summed E-state index contributed by atoms with van der Waals surface area (Å²) < 4.78 is 16.9. The van der Waals surface area contributed by atoms with E-state index in [2.05, 4.69) is 15.0 Å². The summed E-state index contributed by atoms with van der Waals surface area (Å²) in [5.41, 5.74) is 3.11. The zero-order valence-electron chi connectivity index (χ0n) is 19.5. The predicted octanol–water partition coefficient (Wildman–Crippen LogP) is 3.49. The van der Waals surface area contributed by atoms with Gasteiger partial charge in [-0.1, -0.05) is 30.3 Å². The summed E-state index contributed by atoms with van der Waals surface area (Å²) in [6.07, 6.45) is 1.63. The number of carbonyl (C=O) groups excluding carboxylic acids is 1. The summed E-state index contributed by atoms with van der Waals surface area (Å²) in [6.45, 7) is 5.15. The van der Waals surface area contributed by atoms with E-state index < -0.39 is 5.91 Å². The molecule has 0 bridgehead atoms. The Morgan fingerprint density at radius 3 is 2.71 bits per heavy atom. The van der Waals surface area contributed by atoms with E-state index in [1.807, 2.05) is 37.3 Å². The van der Waals surface area contributed by atoms with Gasteiger partial charge in [-0.25, -0.2) is 0 Å². The van der Waals surface area contributed by atoms with Crippen LogP contribution in [0.3, 0.4) is 0 Å². The monoisotopic (exact) mass is 491 g/mol. The van der Waals surface area contributed by atoms with Crippen LogP contribution in [-0.2, 0) is 16.1 Å². The van der Waals surface area contributed by atoms with E-state index in [1.54, 1.807) is 25.3 Å². The van der Waals surface area contributed by atoms with Gasteiger partial charge in [-0.05, 0) is 53.6 Å². The summed E-state index contributed by atoms with van der Waals surface area (Å²) in [4.78, 5) is 19.0. The molecule has 180 valence electrons. The molecule has 2 aromatic rings. The van der Waals surface area contributed by atoms with Crippen molar-refractivity contribution < 1.29 is 19.0 Å². The number of amides is 1. The van der Waals surface area contributed by atoms with Gasteiger partial charge >= 0.3 is 0 Å². The Balaban J connectivity index is 1.35. The highest BCUT2D eigenvalue weighted by Gasteiger charge is 2.37. The van der Waals surface area contributed by atoms with Gasteiger partial charge in [-0.2, -0.15) is 10.0 Å². The number of fused-ring (bicyclic) bond motifs is 1.